The van der Waals surface area contributed by atoms with Crippen LogP contribution in [0, 0.1) is 13.8 Å². The third kappa shape index (κ3) is 2.39. The quantitative estimate of drug-likeness (QED) is 0.832. The average molecular weight is 224 g/mol. The smallest absolute Gasteiger partial charge is 0.162 e. The van der Waals surface area contributed by atoms with Gasteiger partial charge in [-0.15, -0.1) is 0 Å². The third-order valence-electron chi connectivity index (χ3n) is 2.85. The van der Waals surface area contributed by atoms with Crippen LogP contribution >= 0.6 is 0 Å². The largest absolute Gasteiger partial charge is 0.348 e. The fourth-order valence-electron chi connectivity index (χ4n) is 1.82. The number of ether oxygens (including phenoxy) is 2. The monoisotopic (exact) mass is 224 g/mol. The number of nitrogens with zero attached hydrogens (tertiary/aromatic N) is 1. The molecule has 0 unspecified atom stereocenters. The van der Waals surface area contributed by atoms with Crippen molar-refractivity contribution in [3.63, 3.8) is 0 Å². The lowest BCUT2D eigenvalue weighted by Crippen LogP contribution is -2.47. The summed E-state index contributed by atoms with van der Waals surface area (Å²) in [4.78, 5) is 0. The van der Waals surface area contributed by atoms with Crippen molar-refractivity contribution in [2.24, 2.45) is 0 Å². The van der Waals surface area contributed by atoms with Crippen molar-refractivity contribution < 1.29 is 9.47 Å². The Hall–Kier alpha value is -1.00. The zero-order valence-corrected chi connectivity index (χ0v) is 10.4. The van der Waals surface area contributed by atoms with Crippen LogP contribution in [0.15, 0.2) is 12.1 Å². The van der Waals surface area contributed by atoms with Gasteiger partial charge in [0.25, 0.3) is 0 Å². The van der Waals surface area contributed by atoms with Crippen molar-refractivity contribution in [2.45, 2.75) is 39.5 Å². The standard InChI is InChI=1S/C12H20N2O2/c1-9-5-6-10(2)14(9)13-11-7-15-12(3,4)16-8-11/h5-6,11,13H,7-8H2,1-4H3. The van der Waals surface area contributed by atoms with E-state index in [1.165, 1.54) is 11.4 Å². The molecule has 1 fully saturated rings. The maximum atomic E-state index is 5.61. The summed E-state index contributed by atoms with van der Waals surface area (Å²) in [6.45, 7) is 9.38. The number of aromatic nitrogens is 1. The molecule has 1 N–H and O–H groups in total. The van der Waals surface area contributed by atoms with Gasteiger partial charge in [-0.25, -0.2) is 0 Å². The topological polar surface area (TPSA) is 35.4 Å². The van der Waals surface area contributed by atoms with Crippen LogP contribution in [0.4, 0.5) is 0 Å². The van der Waals surface area contributed by atoms with E-state index in [0.29, 0.717) is 13.2 Å². The Morgan fingerprint density at radius 2 is 1.69 bits per heavy atom. The lowest BCUT2D eigenvalue weighted by molar-refractivity contribution is -0.248. The molecule has 0 saturated carbocycles. The molecule has 1 aliphatic rings. The molecule has 1 saturated heterocycles. The summed E-state index contributed by atoms with van der Waals surface area (Å²) in [5, 5.41) is 0. The third-order valence-corrected chi connectivity index (χ3v) is 2.85. The van der Waals surface area contributed by atoms with E-state index in [1.54, 1.807) is 0 Å². The lowest BCUT2D eigenvalue weighted by atomic mass is 10.3. The van der Waals surface area contributed by atoms with E-state index in [1.807, 2.05) is 13.8 Å². The lowest BCUT2D eigenvalue weighted by Gasteiger charge is -2.36. The fraction of sp³-hybridized carbons (Fsp3) is 0.667. The zero-order chi connectivity index (χ0) is 11.8. The van der Waals surface area contributed by atoms with Gasteiger partial charge in [0.1, 0.15) is 0 Å². The summed E-state index contributed by atoms with van der Waals surface area (Å²) in [6.07, 6.45) is 0. The number of rotatable bonds is 2. The van der Waals surface area contributed by atoms with Crippen LogP contribution in [-0.2, 0) is 9.47 Å². The first-order valence-corrected chi connectivity index (χ1v) is 5.67. The minimum atomic E-state index is -0.445. The number of aryl methyl sites for hydroxylation is 2. The maximum absolute atomic E-state index is 5.61. The average Bonchev–Trinajstić information content (AvgIpc) is 2.52. The molecule has 0 amide bonds. The van der Waals surface area contributed by atoms with E-state index in [9.17, 15) is 0 Å². The first kappa shape index (κ1) is 11.5. The summed E-state index contributed by atoms with van der Waals surface area (Å²) in [6, 6.07) is 4.39. The van der Waals surface area contributed by atoms with Crippen LogP contribution in [0.1, 0.15) is 25.2 Å². The first-order valence-electron chi connectivity index (χ1n) is 5.67. The molecular formula is C12H20N2O2. The highest BCUT2D eigenvalue weighted by atomic mass is 16.7. The molecule has 0 spiro atoms. The fourth-order valence-corrected chi connectivity index (χ4v) is 1.82. The van der Waals surface area contributed by atoms with Crippen LogP contribution < -0.4 is 5.43 Å². The van der Waals surface area contributed by atoms with Crippen LogP contribution in [0.2, 0.25) is 0 Å². The highest BCUT2D eigenvalue weighted by Gasteiger charge is 2.28. The maximum Gasteiger partial charge on any atom is 0.162 e. The molecule has 1 aliphatic heterocycles. The number of hydrogen-bond donors (Lipinski definition) is 1. The molecule has 0 aliphatic carbocycles. The molecule has 2 heterocycles. The summed E-state index contributed by atoms with van der Waals surface area (Å²) in [7, 11) is 0. The van der Waals surface area contributed by atoms with Crippen molar-refractivity contribution in [3.05, 3.63) is 23.5 Å². The van der Waals surface area contributed by atoms with E-state index in [-0.39, 0.29) is 6.04 Å². The Kier molecular flexibility index (Phi) is 2.95. The van der Waals surface area contributed by atoms with Crippen LogP contribution in [-0.4, -0.2) is 29.7 Å². The molecule has 1 aromatic heterocycles. The molecule has 1 aromatic rings. The summed E-state index contributed by atoms with van der Waals surface area (Å²) in [5.41, 5.74) is 5.80. The Bertz CT molecular complexity index is 342. The second-order valence-electron chi connectivity index (χ2n) is 4.80. The van der Waals surface area contributed by atoms with Crippen LogP contribution in [0.3, 0.4) is 0 Å². The van der Waals surface area contributed by atoms with Crippen molar-refractivity contribution in [3.8, 4) is 0 Å². The highest BCUT2D eigenvalue weighted by Crippen LogP contribution is 2.17. The van der Waals surface area contributed by atoms with Gasteiger partial charge < -0.3 is 14.9 Å². The Morgan fingerprint density at radius 1 is 1.19 bits per heavy atom. The molecule has 4 nitrogen and oxygen atoms in total. The van der Waals surface area contributed by atoms with Gasteiger partial charge in [0.2, 0.25) is 0 Å². The van der Waals surface area contributed by atoms with Crippen molar-refractivity contribution in [1.29, 1.82) is 0 Å². The molecule has 0 bridgehead atoms. The minimum absolute atomic E-state index is 0.206. The van der Waals surface area contributed by atoms with Gasteiger partial charge in [0.15, 0.2) is 5.79 Å². The summed E-state index contributed by atoms with van der Waals surface area (Å²) >= 11 is 0. The van der Waals surface area contributed by atoms with E-state index >= 15 is 0 Å². The van der Waals surface area contributed by atoms with E-state index in [0.717, 1.165) is 0 Å². The molecule has 0 aromatic carbocycles. The van der Waals surface area contributed by atoms with Crippen molar-refractivity contribution in [1.82, 2.24) is 4.68 Å². The molecule has 16 heavy (non-hydrogen) atoms. The van der Waals surface area contributed by atoms with Crippen molar-refractivity contribution >= 4 is 0 Å². The first-order chi connectivity index (χ1) is 7.48. The van der Waals surface area contributed by atoms with Gasteiger partial charge in [-0.3, -0.25) is 4.68 Å². The highest BCUT2D eigenvalue weighted by molar-refractivity contribution is 5.16. The number of hydrogen-bond acceptors (Lipinski definition) is 3. The second-order valence-corrected chi connectivity index (χ2v) is 4.80. The Morgan fingerprint density at radius 3 is 2.19 bits per heavy atom. The van der Waals surface area contributed by atoms with Gasteiger partial charge >= 0.3 is 0 Å². The second kappa shape index (κ2) is 4.11. The van der Waals surface area contributed by atoms with Gasteiger partial charge in [0, 0.05) is 11.4 Å². The Labute approximate surface area is 96.5 Å². The molecule has 2 rings (SSSR count). The van der Waals surface area contributed by atoms with Crippen LogP contribution in [0.5, 0.6) is 0 Å². The predicted molar refractivity (Wildman–Crippen MR) is 63.0 cm³/mol. The zero-order valence-electron chi connectivity index (χ0n) is 10.4. The van der Waals surface area contributed by atoms with Crippen LogP contribution in [0.25, 0.3) is 0 Å². The summed E-state index contributed by atoms with van der Waals surface area (Å²) in [5.74, 6) is -0.445. The molecule has 0 radical (unpaired) electrons. The van der Waals surface area contributed by atoms with Gasteiger partial charge in [-0.05, 0) is 39.8 Å². The van der Waals surface area contributed by atoms with Crippen molar-refractivity contribution in [2.75, 3.05) is 18.6 Å². The SMILES string of the molecule is Cc1ccc(C)n1NC1COC(C)(C)OC1. The normalized spacial score (nSPS) is 21.0. The van der Waals surface area contributed by atoms with Gasteiger partial charge in [-0.2, -0.15) is 0 Å². The van der Waals surface area contributed by atoms with E-state index in [4.69, 9.17) is 9.47 Å². The summed E-state index contributed by atoms with van der Waals surface area (Å²) < 4.78 is 13.3. The van der Waals surface area contributed by atoms with E-state index in [2.05, 4.69) is 36.1 Å². The predicted octanol–water partition coefficient (Wildman–Crippen LogP) is 1.80. The molecule has 0 atom stereocenters. The molecule has 4 heteroatoms. The van der Waals surface area contributed by atoms with Gasteiger partial charge in [0.05, 0.1) is 19.3 Å². The van der Waals surface area contributed by atoms with Gasteiger partial charge in [-0.1, -0.05) is 0 Å². The molecule has 90 valence electrons. The number of nitrogens with one attached hydrogen (secondary N) is 1. The molecular weight excluding hydrogens is 204 g/mol. The Balaban J connectivity index is 1.97. The minimum Gasteiger partial charge on any atom is -0.348 e. The van der Waals surface area contributed by atoms with E-state index < -0.39 is 5.79 Å².